The summed E-state index contributed by atoms with van der Waals surface area (Å²) >= 11 is 0. The number of amides is 2. The highest BCUT2D eigenvalue weighted by Gasteiger charge is 2.29. The maximum atomic E-state index is 13.2. The van der Waals surface area contributed by atoms with Crippen molar-refractivity contribution in [3.05, 3.63) is 71.3 Å². The Labute approximate surface area is 169 Å². The lowest BCUT2D eigenvalue weighted by Crippen LogP contribution is -2.51. The van der Waals surface area contributed by atoms with E-state index in [1.807, 2.05) is 82.3 Å². The fourth-order valence-electron chi connectivity index (χ4n) is 3.12. The van der Waals surface area contributed by atoms with Crippen LogP contribution in [0.15, 0.2) is 54.6 Å². The number of aryl methyl sites for hydroxylation is 1. The minimum atomic E-state index is -0.479. The molecule has 2 aromatic carbocycles. The fraction of sp³-hybridized carbons (Fsp3) is 0.417. The van der Waals surface area contributed by atoms with Crippen molar-refractivity contribution < 1.29 is 9.59 Å². The van der Waals surface area contributed by atoms with Crippen LogP contribution in [-0.4, -0.2) is 28.8 Å². The Kier molecular flexibility index (Phi) is 8.24. The molecule has 0 aliphatic heterocycles. The second-order valence-corrected chi connectivity index (χ2v) is 7.41. The highest BCUT2D eigenvalue weighted by atomic mass is 16.2. The van der Waals surface area contributed by atoms with Gasteiger partial charge in [0.15, 0.2) is 0 Å². The molecule has 4 heteroatoms. The number of carbonyl (C=O) groups is 2. The van der Waals surface area contributed by atoms with Gasteiger partial charge in [-0.05, 0) is 37.8 Å². The van der Waals surface area contributed by atoms with Gasteiger partial charge in [-0.1, -0.05) is 74.0 Å². The zero-order valence-electron chi connectivity index (χ0n) is 17.4. The molecule has 0 fully saturated rings. The normalized spacial score (nSPS) is 12.9. The lowest BCUT2D eigenvalue weighted by molar-refractivity contribution is -0.141. The van der Waals surface area contributed by atoms with E-state index in [4.69, 9.17) is 0 Å². The Balaban J connectivity index is 2.24. The van der Waals surface area contributed by atoms with Crippen molar-refractivity contribution in [3.8, 4) is 0 Å². The smallest absolute Gasteiger partial charge is 0.243 e. The molecule has 150 valence electrons. The summed E-state index contributed by atoms with van der Waals surface area (Å²) in [6.07, 6.45) is 1.73. The van der Waals surface area contributed by atoms with Gasteiger partial charge in [-0.15, -0.1) is 0 Å². The average molecular weight is 381 g/mol. The number of hydrogen-bond acceptors (Lipinski definition) is 2. The van der Waals surface area contributed by atoms with E-state index in [-0.39, 0.29) is 17.9 Å². The van der Waals surface area contributed by atoms with Crippen LogP contribution in [0, 0.1) is 6.92 Å². The monoisotopic (exact) mass is 380 g/mol. The lowest BCUT2D eigenvalue weighted by atomic mass is 10.1. The van der Waals surface area contributed by atoms with Crippen molar-refractivity contribution in [1.82, 2.24) is 10.2 Å². The summed E-state index contributed by atoms with van der Waals surface area (Å²) in [5, 5.41) is 3.04. The Morgan fingerprint density at radius 2 is 1.57 bits per heavy atom. The molecule has 0 aliphatic rings. The van der Waals surface area contributed by atoms with Crippen LogP contribution in [0.25, 0.3) is 0 Å². The largest absolute Gasteiger partial charge is 0.352 e. The third-order valence-corrected chi connectivity index (χ3v) is 5.06. The van der Waals surface area contributed by atoms with E-state index < -0.39 is 6.04 Å². The molecular formula is C24H32N2O2. The van der Waals surface area contributed by atoms with Crippen LogP contribution < -0.4 is 5.32 Å². The quantitative estimate of drug-likeness (QED) is 0.707. The van der Waals surface area contributed by atoms with Crippen LogP contribution in [0.4, 0.5) is 0 Å². The van der Waals surface area contributed by atoms with Crippen molar-refractivity contribution in [2.24, 2.45) is 0 Å². The zero-order valence-corrected chi connectivity index (χ0v) is 17.4. The number of hydrogen-bond donors (Lipinski definition) is 1. The van der Waals surface area contributed by atoms with Gasteiger partial charge in [0, 0.05) is 12.6 Å². The summed E-state index contributed by atoms with van der Waals surface area (Å²) in [6.45, 7) is 8.44. The van der Waals surface area contributed by atoms with E-state index in [0.717, 1.165) is 23.1 Å². The molecule has 0 aromatic heterocycles. The molecule has 2 rings (SSSR count). The Bertz CT molecular complexity index is 756. The van der Waals surface area contributed by atoms with E-state index in [2.05, 4.69) is 5.32 Å². The molecule has 4 nitrogen and oxygen atoms in total. The van der Waals surface area contributed by atoms with Gasteiger partial charge in [-0.3, -0.25) is 9.59 Å². The lowest BCUT2D eigenvalue weighted by Gasteiger charge is -2.31. The molecule has 0 bridgehead atoms. The minimum absolute atomic E-state index is 0.0288. The molecule has 0 radical (unpaired) electrons. The Morgan fingerprint density at radius 3 is 2.14 bits per heavy atom. The van der Waals surface area contributed by atoms with Crippen LogP contribution >= 0.6 is 0 Å². The van der Waals surface area contributed by atoms with Gasteiger partial charge in [-0.2, -0.15) is 0 Å². The van der Waals surface area contributed by atoms with Crippen LogP contribution in [0.1, 0.15) is 50.3 Å². The fourth-order valence-corrected chi connectivity index (χ4v) is 3.12. The first-order chi connectivity index (χ1) is 13.4. The van der Waals surface area contributed by atoms with Crippen molar-refractivity contribution in [2.45, 2.75) is 65.6 Å². The summed E-state index contributed by atoms with van der Waals surface area (Å²) < 4.78 is 0. The molecule has 0 saturated heterocycles. The van der Waals surface area contributed by atoms with Crippen LogP contribution in [-0.2, 0) is 22.6 Å². The molecular weight excluding hydrogens is 348 g/mol. The summed E-state index contributed by atoms with van der Waals surface area (Å²) in [7, 11) is 0. The predicted octanol–water partition coefficient (Wildman–Crippen LogP) is 4.26. The maximum absolute atomic E-state index is 13.2. The topological polar surface area (TPSA) is 49.4 Å². The van der Waals surface area contributed by atoms with Crippen molar-refractivity contribution in [1.29, 1.82) is 0 Å². The molecule has 28 heavy (non-hydrogen) atoms. The van der Waals surface area contributed by atoms with Gasteiger partial charge in [-0.25, -0.2) is 0 Å². The summed E-state index contributed by atoms with van der Waals surface area (Å²) in [4.78, 5) is 27.8. The van der Waals surface area contributed by atoms with Crippen molar-refractivity contribution >= 4 is 11.8 Å². The summed E-state index contributed by atoms with van der Waals surface area (Å²) in [5.41, 5.74) is 3.15. The highest BCUT2D eigenvalue weighted by molar-refractivity contribution is 5.88. The average Bonchev–Trinajstić information content (AvgIpc) is 2.70. The van der Waals surface area contributed by atoms with E-state index in [9.17, 15) is 9.59 Å². The molecule has 0 spiro atoms. The molecule has 1 N–H and O–H groups in total. The van der Waals surface area contributed by atoms with E-state index in [1.165, 1.54) is 0 Å². The second-order valence-electron chi connectivity index (χ2n) is 7.41. The second kappa shape index (κ2) is 10.6. The van der Waals surface area contributed by atoms with Crippen LogP contribution in [0.2, 0.25) is 0 Å². The number of nitrogens with one attached hydrogen (secondary N) is 1. The minimum Gasteiger partial charge on any atom is -0.352 e. The third-order valence-electron chi connectivity index (χ3n) is 5.06. The first-order valence-corrected chi connectivity index (χ1v) is 10.1. The van der Waals surface area contributed by atoms with E-state index in [1.54, 1.807) is 4.90 Å². The van der Waals surface area contributed by atoms with Gasteiger partial charge in [0.05, 0.1) is 6.42 Å². The van der Waals surface area contributed by atoms with E-state index >= 15 is 0 Å². The predicted molar refractivity (Wildman–Crippen MR) is 114 cm³/mol. The highest BCUT2D eigenvalue weighted by Crippen LogP contribution is 2.15. The van der Waals surface area contributed by atoms with Gasteiger partial charge in [0.2, 0.25) is 11.8 Å². The summed E-state index contributed by atoms with van der Waals surface area (Å²) in [6, 6.07) is 17.4. The van der Waals surface area contributed by atoms with Crippen LogP contribution in [0.3, 0.4) is 0 Å². The Morgan fingerprint density at radius 1 is 0.929 bits per heavy atom. The van der Waals surface area contributed by atoms with Crippen molar-refractivity contribution in [3.63, 3.8) is 0 Å². The molecule has 0 unspecified atom stereocenters. The number of benzene rings is 2. The zero-order chi connectivity index (χ0) is 20.5. The van der Waals surface area contributed by atoms with Gasteiger partial charge in [0.1, 0.15) is 6.04 Å². The van der Waals surface area contributed by atoms with Gasteiger partial charge < -0.3 is 10.2 Å². The summed E-state index contributed by atoms with van der Waals surface area (Å²) in [5.74, 6) is -0.108. The third kappa shape index (κ3) is 6.22. The molecule has 2 atom stereocenters. The first kappa shape index (κ1) is 21.7. The first-order valence-electron chi connectivity index (χ1n) is 10.1. The number of nitrogens with zero attached hydrogens (tertiary/aromatic N) is 1. The molecule has 0 heterocycles. The maximum Gasteiger partial charge on any atom is 0.243 e. The van der Waals surface area contributed by atoms with Crippen molar-refractivity contribution in [2.75, 3.05) is 0 Å². The molecule has 2 amide bonds. The Hall–Kier alpha value is -2.62. The van der Waals surface area contributed by atoms with E-state index in [0.29, 0.717) is 19.4 Å². The van der Waals surface area contributed by atoms with Gasteiger partial charge >= 0.3 is 0 Å². The molecule has 2 aromatic rings. The SMILES string of the molecule is CC[C@H](C(=O)N[C@@H](C)CC)N(Cc1ccccc1)C(=O)Cc1ccc(C)cc1. The standard InChI is InChI=1S/C24H32N2O2/c1-5-19(4)25-24(28)22(6-2)26(17-21-10-8-7-9-11-21)23(27)16-20-14-12-18(3)13-15-20/h7-15,19,22H,5-6,16-17H2,1-4H3,(H,25,28)/t19-,22+/m0/s1. The molecule has 0 aliphatic carbocycles. The van der Waals surface area contributed by atoms with Gasteiger partial charge in [0.25, 0.3) is 0 Å². The number of rotatable bonds is 9. The van der Waals surface area contributed by atoms with Crippen LogP contribution in [0.5, 0.6) is 0 Å². The molecule has 0 saturated carbocycles. The number of carbonyl (C=O) groups excluding carboxylic acids is 2.